The van der Waals surface area contributed by atoms with Crippen molar-refractivity contribution in [3.05, 3.63) is 0 Å². The van der Waals surface area contributed by atoms with E-state index in [1.807, 2.05) is 0 Å². The molecule has 0 bridgehead atoms. The van der Waals surface area contributed by atoms with E-state index in [0.29, 0.717) is 0 Å². The molecule has 0 nitrogen and oxygen atoms in total. The van der Waals surface area contributed by atoms with Crippen molar-refractivity contribution in [1.82, 2.24) is 0 Å². The standard InChI is InChI=1S/Al.Fe.Ni.Si. The second kappa shape index (κ2) is 21.7. The normalized spacial score (nSPS) is 0. The first kappa shape index (κ1) is 42.1. The second-order valence-corrected chi connectivity index (χ2v) is 0. The molecule has 0 heterocycles. The van der Waals surface area contributed by atoms with Gasteiger partial charge in [-0.2, -0.15) is 0 Å². The van der Waals surface area contributed by atoms with Gasteiger partial charge in [-0.1, -0.05) is 0 Å². The van der Waals surface area contributed by atoms with Gasteiger partial charge in [0.1, 0.15) is 0 Å². The number of hydrogen-bond donors (Lipinski definition) is 0. The zero-order valence-corrected chi connectivity index (χ0v) is 5.99. The Kier molecular flexibility index (Phi) is 228. The molecule has 0 rings (SSSR count). The Morgan fingerprint density at radius 3 is 1.00 bits per heavy atom. The first-order chi connectivity index (χ1) is 0. The molecule has 0 aliphatic rings. The van der Waals surface area contributed by atoms with E-state index in [-0.39, 0.29) is 61.9 Å². The molecule has 0 aliphatic carbocycles. The quantitative estimate of drug-likeness (QED) is 0.418. The van der Waals surface area contributed by atoms with Gasteiger partial charge in [0.2, 0.25) is 0 Å². The summed E-state index contributed by atoms with van der Waals surface area (Å²) >= 11 is 0. The molecule has 25 valence electrons. The van der Waals surface area contributed by atoms with Crippen LogP contribution in [0.3, 0.4) is 0 Å². The van der Waals surface area contributed by atoms with Crippen LogP contribution in [0.2, 0.25) is 0 Å². The molecular formula is AlFeNiSi. The first-order valence-electron chi connectivity index (χ1n) is 0. The molecule has 0 saturated carbocycles. The Morgan fingerprint density at radius 2 is 1.00 bits per heavy atom. The third-order valence-corrected chi connectivity index (χ3v) is 0. The average molecular weight is 170 g/mol. The molecule has 0 fully saturated rings. The Balaban J connectivity index is 0. The molecule has 0 atom stereocenters. The van der Waals surface area contributed by atoms with Crippen molar-refractivity contribution in [2.24, 2.45) is 0 Å². The van der Waals surface area contributed by atoms with Crippen LogP contribution in [-0.4, -0.2) is 28.3 Å². The van der Waals surface area contributed by atoms with E-state index in [2.05, 4.69) is 0 Å². The Labute approximate surface area is 61.7 Å². The monoisotopic (exact) mass is 169 g/mol. The molecule has 7 radical (unpaired) electrons. The molecule has 0 aromatic heterocycles. The zero-order chi connectivity index (χ0) is 0. The van der Waals surface area contributed by atoms with Crippen LogP contribution in [0.5, 0.6) is 0 Å². The molecule has 0 saturated heterocycles. The van der Waals surface area contributed by atoms with Crippen LogP contribution in [-0.2, 0) is 33.6 Å². The van der Waals surface area contributed by atoms with Gasteiger partial charge in [0, 0.05) is 61.9 Å². The van der Waals surface area contributed by atoms with Crippen LogP contribution in [0.25, 0.3) is 0 Å². The molecule has 0 aromatic rings. The maximum atomic E-state index is 0. The van der Waals surface area contributed by atoms with Gasteiger partial charge < -0.3 is 0 Å². The molecule has 0 unspecified atom stereocenters. The molecule has 4 heteroatoms. The fraction of sp³-hybridized carbons (Fsp3) is 0. The zero-order valence-electron chi connectivity index (χ0n) is 1.75. The van der Waals surface area contributed by atoms with Gasteiger partial charge in [-0.25, -0.2) is 0 Å². The van der Waals surface area contributed by atoms with E-state index in [1.165, 1.54) is 0 Å². The average Bonchev–Trinajstić information content (AvgIpc) is 0. The molecule has 4 heavy (non-hydrogen) atoms. The van der Waals surface area contributed by atoms with E-state index in [0.717, 1.165) is 0 Å². The van der Waals surface area contributed by atoms with Crippen molar-refractivity contribution >= 4 is 28.3 Å². The van der Waals surface area contributed by atoms with Gasteiger partial charge in [0.15, 0.2) is 0 Å². The van der Waals surface area contributed by atoms with Gasteiger partial charge in [-0.05, 0) is 0 Å². The van der Waals surface area contributed by atoms with Crippen LogP contribution < -0.4 is 0 Å². The van der Waals surface area contributed by atoms with Gasteiger partial charge in [0.05, 0.1) is 0 Å². The topological polar surface area (TPSA) is 0 Å². The van der Waals surface area contributed by atoms with Crippen LogP contribution >= 0.6 is 0 Å². The molecule has 0 N–H and O–H groups in total. The summed E-state index contributed by atoms with van der Waals surface area (Å²) in [4.78, 5) is 0. The smallest absolute Gasteiger partial charge is 0 e. The van der Waals surface area contributed by atoms with Crippen molar-refractivity contribution in [2.45, 2.75) is 0 Å². The molecular weight excluding hydrogens is 170 g/mol. The van der Waals surface area contributed by atoms with E-state index >= 15 is 0 Å². The summed E-state index contributed by atoms with van der Waals surface area (Å²) in [6, 6.07) is 0. The minimum atomic E-state index is 0. The number of rotatable bonds is 0. The minimum absolute atomic E-state index is 0. The Hall–Kier alpha value is 1.76. The largest absolute Gasteiger partial charge is 0 e. The third-order valence-electron chi connectivity index (χ3n) is 0. The Bertz CT molecular complexity index is 8.00. The van der Waals surface area contributed by atoms with Crippen molar-refractivity contribution < 1.29 is 33.6 Å². The van der Waals surface area contributed by atoms with Crippen LogP contribution in [0.4, 0.5) is 0 Å². The number of hydrogen-bond acceptors (Lipinski definition) is 0. The summed E-state index contributed by atoms with van der Waals surface area (Å²) in [6.45, 7) is 0. The van der Waals surface area contributed by atoms with Gasteiger partial charge in [0.25, 0.3) is 0 Å². The van der Waals surface area contributed by atoms with E-state index in [9.17, 15) is 0 Å². The molecule has 0 aromatic carbocycles. The molecule has 0 aliphatic heterocycles. The van der Waals surface area contributed by atoms with Crippen molar-refractivity contribution in [3.63, 3.8) is 0 Å². The second-order valence-electron chi connectivity index (χ2n) is 0. The van der Waals surface area contributed by atoms with E-state index < -0.39 is 0 Å². The van der Waals surface area contributed by atoms with Crippen molar-refractivity contribution in [3.8, 4) is 0 Å². The summed E-state index contributed by atoms with van der Waals surface area (Å²) < 4.78 is 0. The van der Waals surface area contributed by atoms with E-state index in [4.69, 9.17) is 0 Å². The molecule has 0 amide bonds. The van der Waals surface area contributed by atoms with Crippen molar-refractivity contribution in [1.29, 1.82) is 0 Å². The van der Waals surface area contributed by atoms with Crippen LogP contribution in [0.1, 0.15) is 0 Å². The summed E-state index contributed by atoms with van der Waals surface area (Å²) in [7, 11) is 0. The summed E-state index contributed by atoms with van der Waals surface area (Å²) in [6.07, 6.45) is 0. The van der Waals surface area contributed by atoms with E-state index in [1.54, 1.807) is 0 Å². The maximum absolute atomic E-state index is 0. The van der Waals surface area contributed by atoms with Crippen molar-refractivity contribution in [2.75, 3.05) is 0 Å². The van der Waals surface area contributed by atoms with Gasteiger partial charge in [-0.15, -0.1) is 0 Å². The molecule has 0 spiro atoms. The fourth-order valence-corrected chi connectivity index (χ4v) is 0. The van der Waals surface area contributed by atoms with Gasteiger partial charge >= 0.3 is 0 Å². The summed E-state index contributed by atoms with van der Waals surface area (Å²) in [5.41, 5.74) is 0. The summed E-state index contributed by atoms with van der Waals surface area (Å²) in [5.74, 6) is 0. The minimum Gasteiger partial charge on any atom is 0 e. The predicted octanol–water partition coefficient (Wildman–Crippen LogP) is -0.767. The third kappa shape index (κ3) is 9.24. The van der Waals surface area contributed by atoms with Crippen LogP contribution in [0, 0.1) is 0 Å². The fourth-order valence-electron chi connectivity index (χ4n) is 0. The maximum Gasteiger partial charge on any atom is 0 e. The Morgan fingerprint density at radius 1 is 1.00 bits per heavy atom. The van der Waals surface area contributed by atoms with Gasteiger partial charge in [-0.3, -0.25) is 0 Å². The SMILES string of the molecule is [Al].[Fe].[Ni].[Si]. The predicted molar refractivity (Wildman–Crippen MR) is 11.5 cm³/mol. The first-order valence-corrected chi connectivity index (χ1v) is 0. The summed E-state index contributed by atoms with van der Waals surface area (Å²) in [5, 5.41) is 0. The van der Waals surface area contributed by atoms with Crippen LogP contribution in [0.15, 0.2) is 0 Å².